The Bertz CT molecular complexity index is 442. The molecule has 0 spiro atoms. The summed E-state index contributed by atoms with van der Waals surface area (Å²) in [4.78, 5) is 10.7. The van der Waals surface area contributed by atoms with E-state index in [0.29, 0.717) is 11.2 Å². The quantitative estimate of drug-likeness (QED) is 0.858. The summed E-state index contributed by atoms with van der Waals surface area (Å²) >= 11 is 3.50. The maximum absolute atomic E-state index is 5.84. The number of nitrogen functional groups attached to an aromatic ring is 1. The molecule has 1 fully saturated rings. The van der Waals surface area contributed by atoms with Crippen molar-refractivity contribution in [1.29, 1.82) is 0 Å². The number of hydrogen-bond donors (Lipinski definition) is 1. The lowest BCUT2D eigenvalue weighted by Gasteiger charge is -2.30. The molecule has 1 aromatic rings. The van der Waals surface area contributed by atoms with Crippen molar-refractivity contribution >= 4 is 27.6 Å². The molecule has 1 aromatic heterocycles. The highest BCUT2D eigenvalue weighted by molar-refractivity contribution is 9.10. The lowest BCUT2D eigenvalue weighted by molar-refractivity contribution is 0.220. The van der Waals surface area contributed by atoms with Crippen LogP contribution in [0.3, 0.4) is 0 Å². The lowest BCUT2D eigenvalue weighted by Crippen LogP contribution is -2.27. The monoisotopic (exact) mass is 326 g/mol. The first-order chi connectivity index (χ1) is 8.89. The highest BCUT2D eigenvalue weighted by Gasteiger charge is 2.28. The van der Waals surface area contributed by atoms with Gasteiger partial charge in [-0.05, 0) is 46.5 Å². The largest absolute Gasteiger partial charge is 0.383 e. The van der Waals surface area contributed by atoms with Crippen LogP contribution in [0, 0.1) is 11.3 Å². The lowest BCUT2D eigenvalue weighted by atomic mass is 9.77. The summed E-state index contributed by atoms with van der Waals surface area (Å²) in [5.41, 5.74) is 6.23. The molecule has 2 N–H and O–H groups in total. The van der Waals surface area contributed by atoms with Crippen LogP contribution in [0.4, 0.5) is 11.6 Å². The fourth-order valence-corrected chi connectivity index (χ4v) is 3.22. The third-order valence-electron chi connectivity index (χ3n) is 4.05. The average Bonchev–Trinajstić information content (AvgIpc) is 2.57. The van der Waals surface area contributed by atoms with Crippen molar-refractivity contribution in [2.24, 2.45) is 11.3 Å². The Kier molecular flexibility index (Phi) is 4.33. The number of anilines is 2. The molecule has 2 heterocycles. The molecule has 1 unspecified atom stereocenters. The van der Waals surface area contributed by atoms with Crippen molar-refractivity contribution in [3.8, 4) is 0 Å². The highest BCUT2D eigenvalue weighted by atomic mass is 79.9. The maximum Gasteiger partial charge on any atom is 0.148 e. The van der Waals surface area contributed by atoms with E-state index in [1.165, 1.54) is 19.3 Å². The second-order valence-corrected chi connectivity index (χ2v) is 7.17. The van der Waals surface area contributed by atoms with E-state index < -0.39 is 0 Å². The van der Waals surface area contributed by atoms with Gasteiger partial charge in [0.1, 0.15) is 22.4 Å². The minimum atomic E-state index is 0.387. The number of hydrogen-bond acceptors (Lipinski definition) is 4. The van der Waals surface area contributed by atoms with Crippen LogP contribution in [-0.2, 0) is 0 Å². The topological polar surface area (TPSA) is 55.0 Å². The van der Waals surface area contributed by atoms with Crippen molar-refractivity contribution in [2.45, 2.75) is 40.0 Å². The third kappa shape index (κ3) is 3.38. The van der Waals surface area contributed by atoms with Crippen molar-refractivity contribution in [2.75, 3.05) is 23.7 Å². The molecule has 4 nitrogen and oxygen atoms in total. The zero-order chi connectivity index (χ0) is 14.0. The van der Waals surface area contributed by atoms with Crippen molar-refractivity contribution in [1.82, 2.24) is 9.97 Å². The van der Waals surface area contributed by atoms with Crippen molar-refractivity contribution in [3.05, 3.63) is 10.8 Å². The zero-order valence-corrected chi connectivity index (χ0v) is 13.6. The van der Waals surface area contributed by atoms with Crippen LogP contribution < -0.4 is 10.6 Å². The Balaban J connectivity index is 2.13. The van der Waals surface area contributed by atoms with Crippen LogP contribution in [0.1, 0.15) is 40.0 Å². The van der Waals surface area contributed by atoms with Gasteiger partial charge in [0.15, 0.2) is 0 Å². The minimum absolute atomic E-state index is 0.387. The van der Waals surface area contributed by atoms with E-state index in [9.17, 15) is 0 Å². The summed E-state index contributed by atoms with van der Waals surface area (Å²) in [5.74, 6) is 2.22. The van der Waals surface area contributed by atoms with Crippen molar-refractivity contribution < 1.29 is 0 Å². The van der Waals surface area contributed by atoms with Gasteiger partial charge in [-0.25, -0.2) is 9.97 Å². The minimum Gasteiger partial charge on any atom is -0.383 e. The molecule has 5 heteroatoms. The summed E-state index contributed by atoms with van der Waals surface area (Å²) in [7, 11) is 0. The first-order valence-corrected chi connectivity index (χ1v) is 7.70. The molecule has 0 aromatic carbocycles. The molecule has 0 saturated carbocycles. The van der Waals surface area contributed by atoms with E-state index >= 15 is 0 Å². The number of rotatable bonds is 1. The smallest absolute Gasteiger partial charge is 0.148 e. The molecule has 0 aliphatic carbocycles. The molecule has 1 saturated heterocycles. The maximum atomic E-state index is 5.84. The van der Waals surface area contributed by atoms with E-state index in [0.717, 1.165) is 29.3 Å². The molecule has 0 bridgehead atoms. The van der Waals surface area contributed by atoms with Gasteiger partial charge < -0.3 is 10.6 Å². The van der Waals surface area contributed by atoms with Gasteiger partial charge in [0.05, 0.1) is 0 Å². The van der Waals surface area contributed by atoms with Gasteiger partial charge in [-0.15, -0.1) is 0 Å². The Hall–Kier alpha value is -0.840. The molecular weight excluding hydrogens is 304 g/mol. The number of halogens is 1. The molecule has 0 amide bonds. The van der Waals surface area contributed by atoms with E-state index in [1.807, 2.05) is 0 Å². The normalized spacial score (nSPS) is 21.3. The van der Waals surface area contributed by atoms with Gasteiger partial charge in [-0.2, -0.15) is 0 Å². The summed E-state index contributed by atoms with van der Waals surface area (Å²) < 4.78 is 0.823. The van der Waals surface area contributed by atoms with Crippen LogP contribution in [0.5, 0.6) is 0 Å². The fourth-order valence-electron chi connectivity index (χ4n) is 2.77. The van der Waals surface area contributed by atoms with Gasteiger partial charge in [0.2, 0.25) is 0 Å². The van der Waals surface area contributed by atoms with Gasteiger partial charge in [0.25, 0.3) is 0 Å². The molecule has 1 aliphatic rings. The van der Waals surface area contributed by atoms with Gasteiger partial charge in [0, 0.05) is 13.1 Å². The third-order valence-corrected chi connectivity index (χ3v) is 4.81. The Labute approximate surface area is 123 Å². The molecule has 2 rings (SSSR count). The molecule has 0 radical (unpaired) electrons. The average molecular weight is 327 g/mol. The Morgan fingerprint density at radius 3 is 2.68 bits per heavy atom. The molecule has 19 heavy (non-hydrogen) atoms. The Morgan fingerprint density at radius 1 is 1.26 bits per heavy atom. The van der Waals surface area contributed by atoms with Crippen molar-refractivity contribution in [3.63, 3.8) is 0 Å². The fraction of sp³-hybridized carbons (Fsp3) is 0.714. The first kappa shape index (κ1) is 14.6. The second-order valence-electron chi connectivity index (χ2n) is 6.38. The van der Waals surface area contributed by atoms with E-state index in [4.69, 9.17) is 5.73 Å². The highest BCUT2D eigenvalue weighted by Crippen LogP contribution is 2.36. The van der Waals surface area contributed by atoms with E-state index in [-0.39, 0.29) is 0 Å². The summed E-state index contributed by atoms with van der Waals surface area (Å²) in [5, 5.41) is 0. The van der Waals surface area contributed by atoms with Crippen LogP contribution >= 0.6 is 15.9 Å². The van der Waals surface area contributed by atoms with Crippen LogP contribution in [0.2, 0.25) is 0 Å². The molecule has 1 atom stereocenters. The van der Waals surface area contributed by atoms with Gasteiger partial charge in [-0.1, -0.05) is 20.8 Å². The predicted octanol–water partition coefficient (Wildman–Crippen LogP) is 3.47. The van der Waals surface area contributed by atoms with Crippen LogP contribution in [0.25, 0.3) is 0 Å². The number of aromatic nitrogens is 2. The summed E-state index contributed by atoms with van der Waals surface area (Å²) in [6, 6.07) is 0. The SMILES string of the molecule is CC(C)(C)C1CCCN(c2ncnc(N)c2Br)CC1. The molecule has 1 aliphatic heterocycles. The predicted molar refractivity (Wildman–Crippen MR) is 83.2 cm³/mol. The zero-order valence-electron chi connectivity index (χ0n) is 12.0. The standard InChI is InChI=1S/C14H23BrN4/c1-14(2,3)10-5-4-7-19(8-6-10)13-11(15)12(16)17-9-18-13/h9-10H,4-8H2,1-3H3,(H2,16,17,18). The van der Waals surface area contributed by atoms with Gasteiger partial charge >= 0.3 is 0 Å². The molecule has 106 valence electrons. The second kappa shape index (κ2) is 5.65. The number of nitrogens with two attached hydrogens (primary N) is 1. The Morgan fingerprint density at radius 2 is 2.00 bits per heavy atom. The van der Waals surface area contributed by atoms with Crippen LogP contribution in [0.15, 0.2) is 10.8 Å². The van der Waals surface area contributed by atoms with Gasteiger partial charge in [-0.3, -0.25) is 0 Å². The van der Waals surface area contributed by atoms with E-state index in [1.54, 1.807) is 6.33 Å². The summed E-state index contributed by atoms with van der Waals surface area (Å²) in [6.45, 7) is 9.10. The van der Waals surface area contributed by atoms with E-state index in [2.05, 4.69) is 51.6 Å². The first-order valence-electron chi connectivity index (χ1n) is 6.90. The number of nitrogens with zero attached hydrogens (tertiary/aromatic N) is 3. The van der Waals surface area contributed by atoms with Crippen LogP contribution in [-0.4, -0.2) is 23.1 Å². The molecular formula is C14H23BrN4. The summed E-state index contributed by atoms with van der Waals surface area (Å²) in [6.07, 6.45) is 5.25.